The third kappa shape index (κ3) is 19.4. The summed E-state index contributed by atoms with van der Waals surface area (Å²) in [7, 11) is 0. The second-order valence-electron chi connectivity index (χ2n) is 25.4. The van der Waals surface area contributed by atoms with E-state index in [2.05, 4.69) is 0 Å². The lowest BCUT2D eigenvalue weighted by Gasteiger charge is -2.10. The first-order valence-electron chi connectivity index (χ1n) is 33.4. The molecule has 0 radical (unpaired) electrons. The van der Waals surface area contributed by atoms with E-state index in [4.69, 9.17) is 0 Å². The molecule has 0 bridgehead atoms. The van der Waals surface area contributed by atoms with Crippen LogP contribution < -0.4 is 0 Å². The summed E-state index contributed by atoms with van der Waals surface area (Å²) in [6, 6.07) is 32.5. The summed E-state index contributed by atoms with van der Waals surface area (Å²) in [5, 5.41) is 257. The maximum atomic E-state index is 12.2. The molecular formula is C84H72O33. The predicted octanol–water partition coefficient (Wildman–Crippen LogP) is 11.4. The van der Waals surface area contributed by atoms with Gasteiger partial charge < -0.3 is 138 Å². The average molecular weight is 1610 g/mol. The van der Waals surface area contributed by atoms with E-state index in [0.717, 1.165) is 60.7 Å². The van der Waals surface area contributed by atoms with Gasteiger partial charge in [0.1, 0.15) is 40.2 Å². The van der Waals surface area contributed by atoms with Gasteiger partial charge in [0.15, 0.2) is 138 Å². The molecule has 0 spiro atoms. The van der Waals surface area contributed by atoms with Crippen LogP contribution in [0.1, 0.15) is 129 Å². The van der Waals surface area contributed by atoms with E-state index in [1.165, 1.54) is 131 Å². The third-order valence-corrected chi connectivity index (χ3v) is 17.4. The lowest BCUT2D eigenvalue weighted by Crippen LogP contribution is -2.02. The molecule has 0 saturated carbocycles. The SMILES string of the molecule is Cc1c(O)cc(C(=O)c2cc(O)c(O)cc2O)cc1O.Cc1c(O)cc(C(=O)c2ccc(O)c(O)c2)c(O)c1O.Cc1c(O)cc(C(=O)c2cccc(O)c2O)cc1O.Cc1cc(C(=O)c2cccc(O)c2O)cc(O)c1O.Cc1ccc(C(=O)c2cc(O)c(O)cc2O)c(O)c1O.Cc1ccc(C(=O)c2cccc(O)c2O)c(O)c1O. The Labute approximate surface area is 659 Å². The van der Waals surface area contributed by atoms with E-state index >= 15 is 0 Å². The van der Waals surface area contributed by atoms with Crippen molar-refractivity contribution in [1.29, 1.82) is 0 Å². The van der Waals surface area contributed by atoms with Crippen molar-refractivity contribution in [1.82, 2.24) is 0 Å². The van der Waals surface area contributed by atoms with Crippen LogP contribution in [-0.4, -0.2) is 173 Å². The minimum absolute atomic E-state index is 0.0153. The van der Waals surface area contributed by atoms with Crippen molar-refractivity contribution in [2.24, 2.45) is 0 Å². The Morgan fingerprint density at radius 1 is 0.162 bits per heavy atom. The molecule has 33 heteroatoms. The minimum atomic E-state index is -0.800. The van der Waals surface area contributed by atoms with E-state index in [0.29, 0.717) is 16.7 Å². The summed E-state index contributed by atoms with van der Waals surface area (Å²) in [6.45, 7) is 9.02. The van der Waals surface area contributed by atoms with Gasteiger partial charge in [0.2, 0.25) is 11.6 Å². The van der Waals surface area contributed by atoms with Crippen LogP contribution in [0.4, 0.5) is 0 Å². The fraction of sp³-hybridized carbons (Fsp3) is 0.0714. The Balaban J connectivity index is 0.000000194. The molecular weight excluding hydrogens is 1540 g/mol. The maximum Gasteiger partial charge on any atom is 0.200 e. The molecule has 0 atom stereocenters. The summed E-state index contributed by atoms with van der Waals surface area (Å²) in [6.07, 6.45) is 0. The van der Waals surface area contributed by atoms with Gasteiger partial charge >= 0.3 is 0 Å². The summed E-state index contributed by atoms with van der Waals surface area (Å²) in [4.78, 5) is 73.0. The van der Waals surface area contributed by atoms with Gasteiger partial charge in [-0.3, -0.25) is 28.8 Å². The number of rotatable bonds is 12. The van der Waals surface area contributed by atoms with Crippen LogP contribution in [0.25, 0.3) is 0 Å². The number of aryl methyl sites for hydroxylation is 3. The Morgan fingerprint density at radius 3 is 0.829 bits per heavy atom. The Morgan fingerprint density at radius 2 is 0.444 bits per heavy atom. The van der Waals surface area contributed by atoms with E-state index in [9.17, 15) is 167 Å². The van der Waals surface area contributed by atoms with Crippen LogP contribution in [0.5, 0.6) is 155 Å². The van der Waals surface area contributed by atoms with Crippen molar-refractivity contribution in [3.05, 3.63) is 264 Å². The Bertz CT molecular complexity index is 5770. The molecule has 27 N–H and O–H groups in total. The average Bonchev–Trinajstić information content (AvgIpc) is 0.844. The van der Waals surface area contributed by atoms with Crippen LogP contribution >= 0.6 is 0 Å². The van der Waals surface area contributed by atoms with Gasteiger partial charge in [-0.2, -0.15) is 0 Å². The van der Waals surface area contributed by atoms with Gasteiger partial charge in [-0.15, -0.1) is 0 Å². The molecule has 0 heterocycles. The van der Waals surface area contributed by atoms with Crippen molar-refractivity contribution in [3.63, 3.8) is 0 Å². The largest absolute Gasteiger partial charge is 0.508 e. The smallest absolute Gasteiger partial charge is 0.200 e. The summed E-state index contributed by atoms with van der Waals surface area (Å²) >= 11 is 0. The van der Waals surface area contributed by atoms with Crippen molar-refractivity contribution in [3.8, 4) is 155 Å². The zero-order valence-corrected chi connectivity index (χ0v) is 61.6. The number of hydrogen-bond donors (Lipinski definition) is 27. The number of aromatic hydroxyl groups is 27. The highest BCUT2D eigenvalue weighted by Gasteiger charge is 2.27. The Hall–Kier alpha value is -16.7. The second kappa shape index (κ2) is 36.0. The number of hydrogen-bond acceptors (Lipinski definition) is 33. The molecule has 0 aliphatic carbocycles. The molecule has 0 aromatic heterocycles. The highest BCUT2D eigenvalue weighted by Crippen LogP contribution is 2.44. The number of phenolic OH excluding ortho intramolecular Hbond substituents is 27. The van der Waals surface area contributed by atoms with Crippen LogP contribution in [0, 0.1) is 41.5 Å². The van der Waals surface area contributed by atoms with Gasteiger partial charge in [-0.25, -0.2) is 0 Å². The zero-order chi connectivity index (χ0) is 87.5. The number of carbonyl (C=O) groups is 6. The summed E-state index contributed by atoms with van der Waals surface area (Å²) < 4.78 is 0. The van der Waals surface area contributed by atoms with Gasteiger partial charge in [-0.05, 0) is 180 Å². The molecule has 12 aromatic carbocycles. The first kappa shape index (κ1) is 87.5. The quantitative estimate of drug-likeness (QED) is 0.0307. The molecule has 0 aliphatic heterocycles. The van der Waals surface area contributed by atoms with Gasteiger partial charge in [0.05, 0.1) is 44.5 Å². The molecule has 0 aliphatic rings. The monoisotopic (exact) mass is 1610 g/mol. The standard InChI is InChI=1S/3C14H12O6.3C14H12O5/c1-6-9(15)2-7(3-10(6)16)14(20)8-4-12(18)13(19)5-11(8)17;1-6-10(16)5-8(14(20)12(6)18)13(19)7-2-3-9(15)11(17)4-7;1-6-2-3-7(14(20)12(6)18)13(19)8-4-10(16)11(17)5-9(8)15;1-7-11(16)5-8(6-12(7)17)13(18)9-3-2-4-10(15)14(9)19;1-7-5-8(6-11(16)12(7)17)13(18)9-3-2-4-10(15)14(9)19;1-7-5-6-9(14(19)11(7)16)12(17)8-3-2-4-10(15)13(8)18/h2-5,15-19H,1H3;2*2-5,15-18,20H,1H3;2*2-6,15-17,19H,1H3;2-6,15-16,18-19H,1H3. The van der Waals surface area contributed by atoms with E-state index in [1.807, 2.05) is 0 Å². The van der Waals surface area contributed by atoms with Gasteiger partial charge in [0, 0.05) is 51.1 Å². The maximum absolute atomic E-state index is 12.2. The molecule has 12 rings (SSSR count). The minimum Gasteiger partial charge on any atom is -0.508 e. The number of ketones is 6. The highest BCUT2D eigenvalue weighted by molar-refractivity contribution is 6.16. The first-order chi connectivity index (χ1) is 54.7. The molecule has 0 fully saturated rings. The molecule has 0 saturated heterocycles. The van der Waals surface area contributed by atoms with Gasteiger partial charge in [-0.1, -0.05) is 30.3 Å². The Kier molecular flexibility index (Phi) is 26.9. The lowest BCUT2D eigenvalue weighted by molar-refractivity contribution is 0.102. The molecule has 0 amide bonds. The van der Waals surface area contributed by atoms with Crippen LogP contribution in [0.2, 0.25) is 0 Å². The number of benzene rings is 12. The van der Waals surface area contributed by atoms with Gasteiger partial charge in [0.25, 0.3) is 0 Å². The molecule has 606 valence electrons. The van der Waals surface area contributed by atoms with Crippen LogP contribution in [0.15, 0.2) is 164 Å². The normalized spacial score (nSPS) is 10.4. The number of carbonyl (C=O) groups excluding carboxylic acids is 6. The van der Waals surface area contributed by atoms with E-state index in [1.54, 1.807) is 13.8 Å². The van der Waals surface area contributed by atoms with E-state index in [-0.39, 0.29) is 129 Å². The van der Waals surface area contributed by atoms with Crippen molar-refractivity contribution in [2.75, 3.05) is 0 Å². The highest BCUT2D eigenvalue weighted by atomic mass is 16.3. The zero-order valence-electron chi connectivity index (χ0n) is 61.6. The van der Waals surface area contributed by atoms with Crippen LogP contribution in [0.3, 0.4) is 0 Å². The fourth-order valence-electron chi connectivity index (χ4n) is 10.4. The number of para-hydroxylation sites is 3. The summed E-state index contributed by atoms with van der Waals surface area (Å²) in [5.41, 5.74) is 0.123. The van der Waals surface area contributed by atoms with Crippen LogP contribution in [-0.2, 0) is 0 Å². The lowest BCUT2D eigenvalue weighted by atomic mass is 9.99. The first-order valence-corrected chi connectivity index (χ1v) is 33.4. The molecule has 12 aromatic rings. The second-order valence-corrected chi connectivity index (χ2v) is 25.4. The molecule has 0 unspecified atom stereocenters. The predicted molar refractivity (Wildman–Crippen MR) is 411 cm³/mol. The number of phenols is 27. The summed E-state index contributed by atoms with van der Waals surface area (Å²) in [5.74, 6) is -16.4. The topological polar surface area (TPSA) is 649 Å². The third-order valence-electron chi connectivity index (χ3n) is 17.4. The fourth-order valence-corrected chi connectivity index (χ4v) is 10.4. The van der Waals surface area contributed by atoms with E-state index < -0.39 is 144 Å². The molecule has 117 heavy (non-hydrogen) atoms. The van der Waals surface area contributed by atoms with Crippen molar-refractivity contribution in [2.45, 2.75) is 41.5 Å². The molecule has 33 nitrogen and oxygen atoms in total. The van der Waals surface area contributed by atoms with Crippen molar-refractivity contribution < 1.29 is 167 Å². The van der Waals surface area contributed by atoms with Crippen molar-refractivity contribution >= 4 is 34.7 Å².